The van der Waals surface area contributed by atoms with E-state index in [2.05, 4.69) is 0 Å². The molecule has 0 unspecified atom stereocenters. The van der Waals surface area contributed by atoms with Gasteiger partial charge in [-0.05, 0) is 63.6 Å². The van der Waals surface area contributed by atoms with Crippen molar-refractivity contribution >= 4 is 27.4 Å². The summed E-state index contributed by atoms with van der Waals surface area (Å²) in [6.07, 6.45) is 0.0147. The van der Waals surface area contributed by atoms with Crippen molar-refractivity contribution in [1.82, 2.24) is 0 Å². The summed E-state index contributed by atoms with van der Waals surface area (Å²) in [7, 11) is -3.69. The molecule has 0 radical (unpaired) electrons. The third-order valence-corrected chi connectivity index (χ3v) is 4.99. The molecule has 0 amide bonds. The number of halogens is 2. The van der Waals surface area contributed by atoms with E-state index in [1.807, 2.05) is 0 Å². The van der Waals surface area contributed by atoms with Crippen LogP contribution < -0.4 is 4.74 Å². The van der Waals surface area contributed by atoms with Crippen LogP contribution in [0.2, 0.25) is 5.02 Å². The fourth-order valence-electron chi connectivity index (χ4n) is 2.42. The van der Waals surface area contributed by atoms with Gasteiger partial charge in [-0.2, -0.15) is 0 Å². The molecule has 28 heavy (non-hydrogen) atoms. The van der Waals surface area contributed by atoms with E-state index >= 15 is 0 Å². The topological polar surface area (TPSA) is 69.7 Å². The number of carbonyl (C=O) groups is 1. The molecule has 1 atom stereocenters. The fraction of sp³-hybridized carbons (Fsp3) is 0.350. The lowest BCUT2D eigenvalue weighted by atomic mass is 10.0. The van der Waals surface area contributed by atoms with Crippen molar-refractivity contribution in [2.45, 2.75) is 44.3 Å². The van der Waals surface area contributed by atoms with Crippen LogP contribution in [-0.2, 0) is 19.4 Å². The van der Waals surface area contributed by atoms with Gasteiger partial charge in [-0.3, -0.25) is 0 Å². The Bertz CT molecular complexity index is 996. The molecule has 0 aliphatic heterocycles. The second kappa shape index (κ2) is 8.09. The third-order valence-electron chi connectivity index (χ3n) is 3.63. The minimum Gasteiger partial charge on any atom is -0.478 e. The number of sulfone groups is 1. The summed E-state index contributed by atoms with van der Waals surface area (Å²) in [5, 5.41) is 0.375. The fourth-order valence-corrected chi connectivity index (χ4v) is 3.32. The van der Waals surface area contributed by atoms with Gasteiger partial charge in [-0.1, -0.05) is 17.7 Å². The SMILES string of the molecule is C[C@H](Oc1ccc(Cl)cc1-c1ccc(S(C)(=O)=O)c(F)c1)C(=O)OC(C)(C)C. The highest BCUT2D eigenvalue weighted by Crippen LogP contribution is 2.35. The van der Waals surface area contributed by atoms with Gasteiger partial charge in [0.25, 0.3) is 0 Å². The van der Waals surface area contributed by atoms with Gasteiger partial charge in [0.1, 0.15) is 22.1 Å². The van der Waals surface area contributed by atoms with Crippen molar-refractivity contribution < 1.29 is 27.1 Å². The highest BCUT2D eigenvalue weighted by Gasteiger charge is 2.24. The maximum atomic E-state index is 14.3. The molecule has 0 aliphatic rings. The minimum atomic E-state index is -3.69. The molecule has 5 nitrogen and oxygen atoms in total. The average molecular weight is 429 g/mol. The molecule has 8 heteroatoms. The Hall–Kier alpha value is -2.12. The zero-order chi connectivity index (χ0) is 21.3. The van der Waals surface area contributed by atoms with E-state index in [-0.39, 0.29) is 5.75 Å². The summed E-state index contributed by atoms with van der Waals surface area (Å²) in [4.78, 5) is 11.8. The molecule has 0 fully saturated rings. The quantitative estimate of drug-likeness (QED) is 0.648. The van der Waals surface area contributed by atoms with Crippen molar-refractivity contribution in [3.05, 3.63) is 47.2 Å². The van der Waals surface area contributed by atoms with Gasteiger partial charge in [0.2, 0.25) is 0 Å². The highest BCUT2D eigenvalue weighted by atomic mass is 35.5. The van der Waals surface area contributed by atoms with Crippen LogP contribution in [0.5, 0.6) is 5.75 Å². The van der Waals surface area contributed by atoms with Gasteiger partial charge in [0, 0.05) is 16.8 Å². The van der Waals surface area contributed by atoms with E-state index in [0.717, 1.165) is 12.3 Å². The van der Waals surface area contributed by atoms with Crippen LogP contribution in [0.15, 0.2) is 41.3 Å². The van der Waals surface area contributed by atoms with E-state index in [9.17, 15) is 17.6 Å². The third kappa shape index (κ3) is 5.69. The second-order valence-corrected chi connectivity index (χ2v) is 9.77. The molecule has 0 N–H and O–H groups in total. The van der Waals surface area contributed by atoms with Crippen molar-refractivity contribution in [1.29, 1.82) is 0 Å². The number of ether oxygens (including phenoxy) is 2. The van der Waals surface area contributed by atoms with E-state index < -0.39 is 38.2 Å². The Morgan fingerprint density at radius 1 is 1.14 bits per heavy atom. The monoisotopic (exact) mass is 428 g/mol. The molecule has 2 rings (SSSR count). The first-order valence-corrected chi connectivity index (χ1v) is 10.7. The van der Waals surface area contributed by atoms with Crippen LogP contribution in [0.4, 0.5) is 4.39 Å². The Kier molecular flexibility index (Phi) is 6.41. The first kappa shape index (κ1) is 22.2. The molecule has 0 saturated heterocycles. The molecule has 0 spiro atoms. The van der Waals surface area contributed by atoms with Crippen LogP contribution in [0.25, 0.3) is 11.1 Å². The lowest BCUT2D eigenvalue weighted by Crippen LogP contribution is -2.33. The van der Waals surface area contributed by atoms with Crippen LogP contribution >= 0.6 is 11.6 Å². The predicted molar refractivity (Wildman–Crippen MR) is 106 cm³/mol. The lowest BCUT2D eigenvalue weighted by molar-refractivity contribution is -0.162. The van der Waals surface area contributed by atoms with Gasteiger partial charge in [0.05, 0.1) is 0 Å². The molecule has 0 saturated carbocycles. The lowest BCUT2D eigenvalue weighted by Gasteiger charge is -2.23. The Labute approximate surface area is 169 Å². The number of esters is 1. The molecule has 152 valence electrons. The average Bonchev–Trinajstić information content (AvgIpc) is 2.53. The van der Waals surface area contributed by atoms with Gasteiger partial charge < -0.3 is 9.47 Å². The standard InChI is InChI=1S/C20H22ClFO5S/c1-12(19(23)27-20(2,3)4)26-17-8-7-14(21)11-15(17)13-6-9-18(16(22)10-13)28(5,24)25/h6-12H,1-5H3/t12-/m0/s1. The summed E-state index contributed by atoms with van der Waals surface area (Å²) in [6, 6.07) is 8.41. The molecule has 0 bridgehead atoms. The molecular weight excluding hydrogens is 407 g/mol. The molecule has 0 heterocycles. The Morgan fingerprint density at radius 2 is 1.79 bits per heavy atom. The van der Waals surface area contributed by atoms with E-state index in [0.29, 0.717) is 16.1 Å². The maximum Gasteiger partial charge on any atom is 0.347 e. The van der Waals surface area contributed by atoms with Crippen LogP contribution in [-0.4, -0.2) is 32.3 Å². The molecule has 2 aromatic carbocycles. The molecular formula is C20H22ClFO5S. The van der Waals surface area contributed by atoms with Gasteiger partial charge in [-0.15, -0.1) is 0 Å². The number of benzene rings is 2. The molecule has 0 aliphatic carbocycles. The van der Waals surface area contributed by atoms with Gasteiger partial charge in [0.15, 0.2) is 15.9 Å². The number of hydrogen-bond acceptors (Lipinski definition) is 5. The van der Waals surface area contributed by atoms with Crippen LogP contribution in [0.1, 0.15) is 27.7 Å². The maximum absolute atomic E-state index is 14.3. The molecule has 0 aromatic heterocycles. The van der Waals surface area contributed by atoms with Crippen LogP contribution in [0, 0.1) is 5.82 Å². The second-order valence-electron chi connectivity index (χ2n) is 7.35. The highest BCUT2D eigenvalue weighted by molar-refractivity contribution is 7.90. The Balaban J connectivity index is 2.40. The summed E-state index contributed by atoms with van der Waals surface area (Å²) in [5.41, 5.74) is 0.114. The van der Waals surface area contributed by atoms with Crippen molar-refractivity contribution in [2.24, 2.45) is 0 Å². The predicted octanol–water partition coefficient (Wildman–Crippen LogP) is 4.66. The summed E-state index contributed by atoms with van der Waals surface area (Å²) in [5.74, 6) is -1.15. The van der Waals surface area contributed by atoms with Crippen molar-refractivity contribution in [2.75, 3.05) is 6.26 Å². The Morgan fingerprint density at radius 3 is 2.32 bits per heavy atom. The zero-order valence-corrected chi connectivity index (χ0v) is 17.8. The van der Waals surface area contributed by atoms with Crippen molar-refractivity contribution in [3.8, 4) is 16.9 Å². The first-order valence-electron chi connectivity index (χ1n) is 8.47. The zero-order valence-electron chi connectivity index (χ0n) is 16.2. The normalized spacial score (nSPS) is 13.1. The molecule has 2 aromatic rings. The largest absolute Gasteiger partial charge is 0.478 e. The number of rotatable bonds is 5. The summed E-state index contributed by atoms with van der Waals surface area (Å²) >= 11 is 6.06. The first-order chi connectivity index (χ1) is 12.8. The van der Waals surface area contributed by atoms with E-state index in [4.69, 9.17) is 21.1 Å². The number of hydrogen-bond donors (Lipinski definition) is 0. The summed E-state index contributed by atoms with van der Waals surface area (Å²) in [6.45, 7) is 6.78. The van der Waals surface area contributed by atoms with Crippen LogP contribution in [0.3, 0.4) is 0 Å². The summed E-state index contributed by atoms with van der Waals surface area (Å²) < 4.78 is 48.6. The van der Waals surface area contributed by atoms with Crippen molar-refractivity contribution in [3.63, 3.8) is 0 Å². The minimum absolute atomic E-state index is 0.286. The number of carbonyl (C=O) groups excluding carboxylic acids is 1. The van der Waals surface area contributed by atoms with E-state index in [1.54, 1.807) is 45.9 Å². The smallest absolute Gasteiger partial charge is 0.347 e. The van der Waals surface area contributed by atoms with Gasteiger partial charge >= 0.3 is 5.97 Å². The van der Waals surface area contributed by atoms with Gasteiger partial charge in [-0.25, -0.2) is 17.6 Å². The van der Waals surface area contributed by atoms with E-state index in [1.165, 1.54) is 12.1 Å².